The third-order valence-corrected chi connectivity index (χ3v) is 21.3. The van der Waals surface area contributed by atoms with E-state index in [4.69, 9.17) is 56.8 Å². The number of hydrogen-bond acceptors (Lipinski definition) is 14. The maximum absolute atomic E-state index is 13.0. The van der Waals surface area contributed by atoms with Crippen LogP contribution in [0.4, 0.5) is 0 Å². The number of halogens is 1. The van der Waals surface area contributed by atoms with Crippen molar-refractivity contribution >= 4 is 81.3 Å². The van der Waals surface area contributed by atoms with Gasteiger partial charge in [-0.15, -0.1) is 0 Å². The van der Waals surface area contributed by atoms with Crippen molar-refractivity contribution in [1.29, 1.82) is 0 Å². The molecule has 0 saturated carbocycles. The molecule has 8 rings (SSSR count). The fourth-order valence-corrected chi connectivity index (χ4v) is 15.6. The molecule has 0 N–H and O–H groups in total. The van der Waals surface area contributed by atoms with E-state index in [0.717, 1.165) is 57.3 Å². The van der Waals surface area contributed by atoms with E-state index in [-0.39, 0.29) is 84.5 Å². The molecule has 2 saturated heterocycles. The van der Waals surface area contributed by atoms with Crippen molar-refractivity contribution in [3.63, 3.8) is 0 Å². The second-order valence-corrected chi connectivity index (χ2v) is 35.1. The summed E-state index contributed by atoms with van der Waals surface area (Å²) in [6.07, 6.45) is 2.51. The number of rotatable bonds is 31. The van der Waals surface area contributed by atoms with Gasteiger partial charge in [-0.2, -0.15) is 0 Å². The zero-order valence-corrected chi connectivity index (χ0v) is 59.9. The van der Waals surface area contributed by atoms with Crippen molar-refractivity contribution in [2.75, 3.05) is 59.2 Å². The number of aryl methyl sites for hydroxylation is 1. The van der Waals surface area contributed by atoms with Crippen LogP contribution < -0.4 is 23.1 Å². The van der Waals surface area contributed by atoms with Crippen LogP contribution in [0.1, 0.15) is 107 Å². The predicted molar refractivity (Wildman–Crippen MR) is 360 cm³/mol. The van der Waals surface area contributed by atoms with Crippen molar-refractivity contribution in [2.45, 2.75) is 146 Å². The van der Waals surface area contributed by atoms with E-state index in [1.54, 1.807) is 34.3 Å². The van der Waals surface area contributed by atoms with Crippen molar-refractivity contribution in [2.24, 2.45) is 0 Å². The Kier molecular flexibility index (Phi) is 30.6. The number of hydrogen-bond donors (Lipinski definition) is 0. The number of benzene rings is 6. The predicted octanol–water partition coefficient (Wildman–Crippen LogP) is 13.0. The number of carbonyl (C=O) groups excluding carboxylic acids is 2. The van der Waals surface area contributed by atoms with Gasteiger partial charge in [-0.3, -0.25) is 0 Å². The number of ketones is 1. The van der Waals surface area contributed by atoms with Gasteiger partial charge in [0, 0.05) is 4.43 Å². The summed E-state index contributed by atoms with van der Waals surface area (Å²) in [6.45, 7) is 21.0. The molecule has 2 aliphatic heterocycles. The molecule has 0 spiro atoms. The van der Waals surface area contributed by atoms with Crippen molar-refractivity contribution in [3.05, 3.63) is 185 Å². The van der Waals surface area contributed by atoms with Gasteiger partial charge in [0.05, 0.1) is 19.3 Å². The van der Waals surface area contributed by atoms with Crippen LogP contribution in [-0.2, 0) is 61.2 Å². The Hall–Kier alpha value is -4.47. The number of esters is 1. The molecule has 2 aliphatic rings. The Balaban J connectivity index is 0.000000225. The second-order valence-electron chi connectivity index (χ2n) is 23.5. The van der Waals surface area contributed by atoms with Crippen LogP contribution in [0.5, 0.6) is 17.2 Å². The number of ether oxygens (including phenoxy) is 12. The molecular formula is C70H91IO14Se2Si. The first kappa shape index (κ1) is 72.6. The molecule has 6 aromatic rings. The van der Waals surface area contributed by atoms with Crippen LogP contribution in [0, 0.1) is 6.92 Å². The van der Waals surface area contributed by atoms with E-state index in [1.165, 1.54) is 14.5 Å². The Morgan fingerprint density at radius 1 is 0.625 bits per heavy atom. The summed E-state index contributed by atoms with van der Waals surface area (Å²) in [7, 11) is 3.44. The normalized spacial score (nSPS) is 17.8. The summed E-state index contributed by atoms with van der Waals surface area (Å²) in [5, 5.41) is 0.732. The molecule has 2 heterocycles. The average Bonchev–Trinajstić information content (AvgIpc) is 2.93. The van der Waals surface area contributed by atoms with Gasteiger partial charge in [0.15, 0.2) is 5.79 Å². The SMILES string of the molecule is CC1(C)OC(COCc2ccccc2)[C@H](CCI)O1.COCOc1cc(C)cc(C(CC[C@@H]2OC(C)(C)OC2COCc2ccccc2)[Se]c2ccccc2)c1C(C)=O.COCOc1cc(OC)cc(C[Se]c2ccccc2)c1C(=O)OCC[Si](C)(C)C. The molecule has 0 bridgehead atoms. The minimum atomic E-state index is -1.29. The maximum atomic E-state index is 13.0. The monoisotopic (exact) mass is 1470 g/mol. The Morgan fingerprint density at radius 3 is 1.60 bits per heavy atom. The molecule has 3 unspecified atom stereocenters. The Labute approximate surface area is 550 Å². The minimum absolute atomic E-state index is 0.0104. The fourth-order valence-electron chi connectivity index (χ4n) is 9.88. The van der Waals surface area contributed by atoms with Crippen molar-refractivity contribution < 1.29 is 66.4 Å². The second kappa shape index (κ2) is 37.1. The van der Waals surface area contributed by atoms with E-state index >= 15 is 0 Å². The van der Waals surface area contributed by atoms with Gasteiger partial charge in [0.2, 0.25) is 0 Å². The number of alkyl halides is 1. The topological polar surface area (TPSA) is 145 Å². The Bertz CT molecular complexity index is 3010. The van der Waals surface area contributed by atoms with Crippen LogP contribution in [0.25, 0.3) is 0 Å². The summed E-state index contributed by atoms with van der Waals surface area (Å²) < 4.78 is 72.7. The first-order valence-electron chi connectivity index (χ1n) is 29.9. The van der Waals surface area contributed by atoms with E-state index in [9.17, 15) is 9.59 Å². The van der Waals surface area contributed by atoms with Gasteiger partial charge in [-0.25, -0.2) is 0 Å². The standard InChI is InChI=1S/C33H40O6Se.C22H30O5SeSi.C15H21IO3/c1-23-18-27(32(24(2)34)29(19-23)37-22-35-5)31(40-26-14-10-7-11-15-26)17-16-28-30(39-33(3,4)38-28)21-36-20-25-12-8-6-9-13-25;1-24-16-27-20-14-18(25-2)13-17(15-28-19-9-7-6-8-10-19)21(20)22(23)26-11-12-29(3,4)5;1-15(2)18-13(8-9-16)14(19-15)11-17-10-12-6-4-3-5-7-12/h6-15,18-19,28,30-31H,16-17,20-22H2,1-5H3;6-10,13-14H,11-12,15-16H2,1-5H3;3-7,13-14H,8-11H2,1-2H3/t28-,30?,31?;;13-,14?/m0.0/s1. The molecule has 5 atom stereocenters. The summed E-state index contributed by atoms with van der Waals surface area (Å²) in [5.74, 6) is 0.126. The fraction of sp³-hybridized carbons (Fsp3) is 0.457. The summed E-state index contributed by atoms with van der Waals surface area (Å²) in [4.78, 5) is 26.1. The van der Waals surface area contributed by atoms with Gasteiger partial charge >= 0.3 is 426 Å². The number of carbonyl (C=O) groups is 2. The third kappa shape index (κ3) is 25.0. The molecule has 18 heteroatoms. The zero-order chi connectivity index (χ0) is 63.5. The molecular weight excluding hydrogens is 1380 g/mol. The average molecular weight is 1470 g/mol. The van der Waals surface area contributed by atoms with E-state index in [2.05, 4.69) is 109 Å². The van der Waals surface area contributed by atoms with Crippen LogP contribution in [0.2, 0.25) is 25.7 Å². The van der Waals surface area contributed by atoms with E-state index in [0.29, 0.717) is 61.4 Å². The summed E-state index contributed by atoms with van der Waals surface area (Å²) >= 11 is 2.61. The van der Waals surface area contributed by atoms with Gasteiger partial charge in [-0.1, -0.05) is 52.9 Å². The zero-order valence-electron chi connectivity index (χ0n) is 53.3. The first-order chi connectivity index (χ1) is 42.2. The molecule has 0 aromatic heterocycles. The van der Waals surface area contributed by atoms with Crippen LogP contribution in [0.3, 0.4) is 0 Å². The molecule has 14 nitrogen and oxygen atoms in total. The molecule has 0 aliphatic carbocycles. The molecule has 0 amide bonds. The molecule has 0 radical (unpaired) electrons. The molecule has 478 valence electrons. The summed E-state index contributed by atoms with van der Waals surface area (Å²) in [6, 6.07) is 49.7. The van der Waals surface area contributed by atoms with Gasteiger partial charge in [-0.05, 0) is 25.8 Å². The Morgan fingerprint density at radius 2 is 1.11 bits per heavy atom. The first-order valence-corrected chi connectivity index (χ1v) is 39.0. The van der Waals surface area contributed by atoms with Crippen LogP contribution in [-0.4, -0.2) is 145 Å². The number of methoxy groups -OCH3 is 3. The van der Waals surface area contributed by atoms with Gasteiger partial charge < -0.3 is 14.2 Å². The molecule has 88 heavy (non-hydrogen) atoms. The quantitative estimate of drug-likeness (QED) is 0.0102. The van der Waals surface area contributed by atoms with Crippen molar-refractivity contribution in [1.82, 2.24) is 0 Å². The van der Waals surface area contributed by atoms with E-state index < -0.39 is 19.6 Å². The third-order valence-electron chi connectivity index (χ3n) is 13.9. The van der Waals surface area contributed by atoms with Crippen LogP contribution >= 0.6 is 22.6 Å². The number of Topliss-reactive ketones (excluding diaryl/α,β-unsaturated/α-hetero) is 1. The molecule has 6 aromatic carbocycles. The van der Waals surface area contributed by atoms with E-state index in [1.807, 2.05) is 107 Å². The van der Waals surface area contributed by atoms with Crippen LogP contribution in [0.15, 0.2) is 146 Å². The van der Waals surface area contributed by atoms with Gasteiger partial charge in [0.25, 0.3) is 0 Å². The molecule has 2 fully saturated rings. The summed E-state index contributed by atoms with van der Waals surface area (Å²) in [5.41, 5.74) is 6.37. The van der Waals surface area contributed by atoms with Crippen molar-refractivity contribution in [3.8, 4) is 17.2 Å². The van der Waals surface area contributed by atoms with Gasteiger partial charge in [0.1, 0.15) is 6.10 Å².